The van der Waals surface area contributed by atoms with Crippen molar-refractivity contribution in [2.75, 3.05) is 20.7 Å². The molecule has 3 N–H and O–H groups in total. The Morgan fingerprint density at radius 2 is 1.78 bits per heavy atom. The van der Waals surface area contributed by atoms with Crippen LogP contribution < -0.4 is 20.7 Å². The molecule has 8 heteroatoms. The number of ether oxygens (including phenoxy) is 1. The molecule has 3 rings (SSSR count). The highest BCUT2D eigenvalue weighted by Crippen LogP contribution is 2.11. The summed E-state index contributed by atoms with van der Waals surface area (Å²) < 4.78 is 10.4. The Labute approximate surface area is 205 Å². The maximum Gasteiger partial charge on any atom is 0.251 e. The summed E-state index contributed by atoms with van der Waals surface area (Å²) in [5, 5.41) is 9.45. The number of amides is 1. The molecule has 1 heterocycles. The highest BCUT2D eigenvalue weighted by atomic mass is 127. The van der Waals surface area contributed by atoms with Crippen LogP contribution in [0.15, 0.2) is 76.3 Å². The van der Waals surface area contributed by atoms with Gasteiger partial charge in [-0.25, -0.2) is 0 Å². The molecule has 0 bridgehead atoms. The summed E-state index contributed by atoms with van der Waals surface area (Å²) in [6.45, 7) is 1.67. The van der Waals surface area contributed by atoms with Gasteiger partial charge < -0.3 is 25.1 Å². The molecule has 7 nitrogen and oxygen atoms in total. The van der Waals surface area contributed by atoms with Gasteiger partial charge in [-0.05, 0) is 53.9 Å². The second-order valence-corrected chi connectivity index (χ2v) is 6.91. The number of nitrogens with zero attached hydrogens (tertiary/aromatic N) is 1. The number of guanidine groups is 1. The maximum absolute atomic E-state index is 12.4. The Balaban J connectivity index is 0.00000363. The lowest BCUT2D eigenvalue weighted by atomic mass is 10.1. The first kappa shape index (κ1) is 25.3. The number of nitrogens with one attached hydrogen (secondary N) is 3. The lowest BCUT2D eigenvalue weighted by Gasteiger charge is -2.13. The van der Waals surface area contributed by atoms with Gasteiger partial charge in [0.1, 0.15) is 11.5 Å². The number of aliphatic imine (C=N–C) groups is 1. The summed E-state index contributed by atoms with van der Waals surface area (Å²) in [6.07, 6.45) is 2.46. The fourth-order valence-corrected chi connectivity index (χ4v) is 3.03. The number of hydrogen-bond acceptors (Lipinski definition) is 4. The minimum absolute atomic E-state index is 0. The van der Waals surface area contributed by atoms with Gasteiger partial charge in [0, 0.05) is 25.7 Å². The molecule has 0 aliphatic heterocycles. The number of hydrogen-bond donors (Lipinski definition) is 3. The third-order valence-electron chi connectivity index (χ3n) is 4.74. The summed E-state index contributed by atoms with van der Waals surface area (Å²) >= 11 is 0. The number of benzene rings is 2. The quantitative estimate of drug-likeness (QED) is 0.216. The van der Waals surface area contributed by atoms with Crippen molar-refractivity contribution in [1.29, 1.82) is 0 Å². The number of carbonyl (C=O) groups excluding carboxylic acids is 1. The van der Waals surface area contributed by atoms with Gasteiger partial charge >= 0.3 is 0 Å². The van der Waals surface area contributed by atoms with Crippen LogP contribution in [0.4, 0.5) is 0 Å². The standard InChI is InChI=1S/C24H28N4O3.HI/c1-25-24(26-13-12-18-8-10-21(30-2)11-9-18)28-16-19-5-3-6-20(15-19)23(29)27-17-22-7-4-14-31-22;/h3-11,14-15H,12-13,16-17H2,1-2H3,(H,27,29)(H2,25,26,28);1H. The van der Waals surface area contributed by atoms with Crippen LogP contribution in [-0.4, -0.2) is 32.6 Å². The van der Waals surface area contributed by atoms with E-state index in [9.17, 15) is 4.79 Å². The highest BCUT2D eigenvalue weighted by molar-refractivity contribution is 14.0. The Kier molecular flexibility index (Phi) is 10.6. The molecule has 1 aromatic heterocycles. The lowest BCUT2D eigenvalue weighted by molar-refractivity contribution is 0.0948. The first-order valence-corrected chi connectivity index (χ1v) is 10.1. The van der Waals surface area contributed by atoms with Gasteiger partial charge in [-0.1, -0.05) is 24.3 Å². The zero-order valence-electron chi connectivity index (χ0n) is 18.3. The molecule has 0 spiro atoms. The first-order valence-electron chi connectivity index (χ1n) is 10.1. The zero-order valence-corrected chi connectivity index (χ0v) is 20.6. The predicted molar refractivity (Wildman–Crippen MR) is 137 cm³/mol. The van der Waals surface area contributed by atoms with Crippen molar-refractivity contribution in [2.45, 2.75) is 19.5 Å². The second-order valence-electron chi connectivity index (χ2n) is 6.91. The van der Waals surface area contributed by atoms with Crippen LogP contribution in [0.25, 0.3) is 0 Å². The van der Waals surface area contributed by atoms with E-state index in [1.54, 1.807) is 32.6 Å². The fraction of sp³-hybridized carbons (Fsp3) is 0.250. The summed E-state index contributed by atoms with van der Waals surface area (Å²) in [6, 6.07) is 19.2. The molecule has 170 valence electrons. The molecule has 32 heavy (non-hydrogen) atoms. The molecule has 0 aliphatic rings. The smallest absolute Gasteiger partial charge is 0.251 e. The zero-order chi connectivity index (χ0) is 21.9. The molecule has 0 unspecified atom stereocenters. The number of halogens is 1. The van der Waals surface area contributed by atoms with E-state index >= 15 is 0 Å². The van der Waals surface area contributed by atoms with Crippen molar-refractivity contribution in [3.8, 4) is 5.75 Å². The molecular formula is C24H29IN4O3. The molecule has 0 radical (unpaired) electrons. The Morgan fingerprint density at radius 3 is 2.47 bits per heavy atom. The molecule has 0 atom stereocenters. The van der Waals surface area contributed by atoms with E-state index in [0.29, 0.717) is 24.6 Å². The molecule has 0 saturated carbocycles. The van der Waals surface area contributed by atoms with E-state index in [-0.39, 0.29) is 29.9 Å². The highest BCUT2D eigenvalue weighted by Gasteiger charge is 2.07. The van der Waals surface area contributed by atoms with Crippen LogP contribution in [0, 0.1) is 0 Å². The summed E-state index contributed by atoms with van der Waals surface area (Å²) in [4.78, 5) is 16.6. The van der Waals surface area contributed by atoms with Gasteiger partial charge in [-0.2, -0.15) is 0 Å². The van der Waals surface area contributed by atoms with E-state index in [1.807, 2.05) is 36.4 Å². The van der Waals surface area contributed by atoms with Crippen LogP contribution in [0.5, 0.6) is 5.75 Å². The Hall–Kier alpha value is -3.01. The van der Waals surface area contributed by atoms with Gasteiger partial charge in [0.15, 0.2) is 5.96 Å². The van der Waals surface area contributed by atoms with Gasteiger partial charge in [-0.15, -0.1) is 24.0 Å². The second kappa shape index (κ2) is 13.4. The van der Waals surface area contributed by atoms with Crippen molar-refractivity contribution >= 4 is 35.8 Å². The van der Waals surface area contributed by atoms with Crippen LogP contribution in [0.2, 0.25) is 0 Å². The van der Waals surface area contributed by atoms with E-state index in [0.717, 1.165) is 30.0 Å². The number of furan rings is 1. The SMILES string of the molecule is CN=C(NCCc1ccc(OC)cc1)NCc1cccc(C(=O)NCc2ccco2)c1.I. The van der Waals surface area contributed by atoms with Crippen molar-refractivity contribution in [2.24, 2.45) is 4.99 Å². The third-order valence-corrected chi connectivity index (χ3v) is 4.74. The van der Waals surface area contributed by atoms with E-state index in [4.69, 9.17) is 9.15 Å². The fourth-order valence-electron chi connectivity index (χ4n) is 3.03. The van der Waals surface area contributed by atoms with E-state index in [1.165, 1.54) is 5.56 Å². The van der Waals surface area contributed by atoms with Crippen molar-refractivity contribution < 1.29 is 13.9 Å². The van der Waals surface area contributed by atoms with Gasteiger partial charge in [0.25, 0.3) is 5.91 Å². The maximum atomic E-state index is 12.4. The van der Waals surface area contributed by atoms with Crippen LogP contribution in [0.3, 0.4) is 0 Å². The monoisotopic (exact) mass is 548 g/mol. The third kappa shape index (κ3) is 7.92. The van der Waals surface area contributed by atoms with Gasteiger partial charge in [0.05, 0.1) is 19.9 Å². The van der Waals surface area contributed by atoms with Crippen LogP contribution in [-0.2, 0) is 19.5 Å². The van der Waals surface area contributed by atoms with E-state index < -0.39 is 0 Å². The lowest BCUT2D eigenvalue weighted by Crippen LogP contribution is -2.37. The molecule has 1 amide bonds. The number of rotatable bonds is 9. The molecule has 2 aromatic carbocycles. The molecule has 0 fully saturated rings. The Morgan fingerprint density at radius 1 is 0.969 bits per heavy atom. The predicted octanol–water partition coefficient (Wildman–Crippen LogP) is 3.74. The molecular weight excluding hydrogens is 519 g/mol. The summed E-state index contributed by atoms with van der Waals surface area (Å²) in [5.41, 5.74) is 2.81. The minimum Gasteiger partial charge on any atom is -0.497 e. The number of carbonyl (C=O) groups is 1. The molecule has 0 aliphatic carbocycles. The van der Waals surface area contributed by atoms with Crippen molar-refractivity contribution in [3.05, 3.63) is 89.4 Å². The van der Waals surface area contributed by atoms with E-state index in [2.05, 4.69) is 33.1 Å². The molecule has 3 aromatic rings. The van der Waals surface area contributed by atoms with Crippen LogP contribution >= 0.6 is 24.0 Å². The topological polar surface area (TPSA) is 87.9 Å². The average molecular weight is 548 g/mol. The first-order chi connectivity index (χ1) is 15.2. The molecule has 0 saturated heterocycles. The van der Waals surface area contributed by atoms with Crippen molar-refractivity contribution in [1.82, 2.24) is 16.0 Å². The van der Waals surface area contributed by atoms with Gasteiger partial charge in [0.2, 0.25) is 0 Å². The largest absolute Gasteiger partial charge is 0.497 e. The minimum atomic E-state index is -0.139. The summed E-state index contributed by atoms with van der Waals surface area (Å²) in [5.74, 6) is 2.14. The normalized spacial score (nSPS) is 10.8. The average Bonchev–Trinajstić information content (AvgIpc) is 3.34. The number of methoxy groups -OCH3 is 1. The van der Waals surface area contributed by atoms with Gasteiger partial charge in [-0.3, -0.25) is 9.79 Å². The summed E-state index contributed by atoms with van der Waals surface area (Å²) in [7, 11) is 3.40. The van der Waals surface area contributed by atoms with Crippen molar-refractivity contribution in [3.63, 3.8) is 0 Å². The van der Waals surface area contributed by atoms with Crippen LogP contribution in [0.1, 0.15) is 27.2 Å². The Bertz CT molecular complexity index is 989.